The summed E-state index contributed by atoms with van der Waals surface area (Å²) in [5.74, 6) is 1.36. The first kappa shape index (κ1) is 17.0. The Labute approximate surface area is 151 Å². The number of hydrogen-bond donors (Lipinski definition) is 0. The minimum Gasteiger partial charge on any atom is -0.497 e. The van der Waals surface area contributed by atoms with Crippen LogP contribution in [0.5, 0.6) is 5.75 Å². The third-order valence-corrected chi connectivity index (χ3v) is 5.34. The summed E-state index contributed by atoms with van der Waals surface area (Å²) in [4.78, 5) is 14.9. The van der Waals surface area contributed by atoms with Crippen LogP contribution >= 0.6 is 15.9 Å². The van der Waals surface area contributed by atoms with Crippen LogP contribution in [0.4, 0.5) is 0 Å². The smallest absolute Gasteiger partial charge is 0.255 e. The van der Waals surface area contributed by atoms with Crippen molar-refractivity contribution in [3.05, 3.63) is 64.1 Å². The summed E-state index contributed by atoms with van der Waals surface area (Å²) in [6, 6.07) is 15.9. The van der Waals surface area contributed by atoms with Gasteiger partial charge in [-0.1, -0.05) is 30.7 Å². The predicted molar refractivity (Wildman–Crippen MR) is 99.6 cm³/mol. The molecule has 1 aliphatic rings. The standard InChI is InChI=1S/C20H22BrNO2/c1-24-17-11-9-15(10-12-17)16-6-4-5-13-22(14-16)20(23)18-7-2-3-8-19(18)21/h2-3,7-12,16H,4-6,13-14H2,1H3. The Hall–Kier alpha value is -1.81. The van der Waals surface area contributed by atoms with Crippen LogP contribution in [-0.4, -0.2) is 31.0 Å². The molecule has 1 fully saturated rings. The molecule has 1 saturated heterocycles. The lowest BCUT2D eigenvalue weighted by atomic mass is 9.94. The summed E-state index contributed by atoms with van der Waals surface area (Å²) >= 11 is 3.50. The van der Waals surface area contributed by atoms with Gasteiger partial charge in [-0.25, -0.2) is 0 Å². The average Bonchev–Trinajstić information content (AvgIpc) is 2.88. The molecular formula is C20H22BrNO2. The Bertz CT molecular complexity index is 699. The van der Waals surface area contributed by atoms with Crippen molar-refractivity contribution in [1.82, 2.24) is 4.90 Å². The van der Waals surface area contributed by atoms with E-state index in [1.807, 2.05) is 41.3 Å². The highest BCUT2D eigenvalue weighted by atomic mass is 79.9. The van der Waals surface area contributed by atoms with E-state index in [1.54, 1.807) is 7.11 Å². The molecule has 0 bridgehead atoms. The van der Waals surface area contributed by atoms with Crippen LogP contribution in [-0.2, 0) is 0 Å². The van der Waals surface area contributed by atoms with Gasteiger partial charge in [-0.15, -0.1) is 0 Å². The molecule has 0 radical (unpaired) electrons. The second-order valence-electron chi connectivity index (χ2n) is 6.20. The third kappa shape index (κ3) is 3.81. The van der Waals surface area contributed by atoms with Gasteiger partial charge in [0.15, 0.2) is 0 Å². The second kappa shape index (κ2) is 7.84. The van der Waals surface area contributed by atoms with E-state index in [0.29, 0.717) is 5.92 Å². The molecule has 0 aromatic heterocycles. The minimum atomic E-state index is 0.114. The van der Waals surface area contributed by atoms with Gasteiger partial charge in [-0.05, 0) is 58.6 Å². The first-order valence-corrected chi connectivity index (χ1v) is 9.16. The molecule has 2 aromatic rings. The summed E-state index contributed by atoms with van der Waals surface area (Å²) in [6.45, 7) is 1.60. The van der Waals surface area contributed by atoms with Crippen LogP contribution in [0.1, 0.15) is 41.1 Å². The zero-order valence-electron chi connectivity index (χ0n) is 13.9. The molecule has 4 heteroatoms. The number of amides is 1. The maximum Gasteiger partial charge on any atom is 0.255 e. The number of benzene rings is 2. The second-order valence-corrected chi connectivity index (χ2v) is 7.05. The van der Waals surface area contributed by atoms with Crippen LogP contribution in [0, 0.1) is 0 Å². The minimum absolute atomic E-state index is 0.114. The van der Waals surface area contributed by atoms with E-state index in [-0.39, 0.29) is 5.91 Å². The lowest BCUT2D eigenvalue weighted by Gasteiger charge is -2.25. The number of carbonyl (C=O) groups excluding carboxylic acids is 1. The van der Waals surface area contributed by atoms with Crippen molar-refractivity contribution in [2.75, 3.05) is 20.2 Å². The van der Waals surface area contributed by atoms with Crippen LogP contribution in [0.15, 0.2) is 53.0 Å². The number of rotatable bonds is 3. The highest BCUT2D eigenvalue weighted by Gasteiger charge is 2.25. The summed E-state index contributed by atoms with van der Waals surface area (Å²) in [5, 5.41) is 0. The Balaban J connectivity index is 1.79. The summed E-state index contributed by atoms with van der Waals surface area (Å²) in [7, 11) is 1.68. The van der Waals surface area contributed by atoms with Gasteiger partial charge in [-0.3, -0.25) is 4.79 Å². The fourth-order valence-electron chi connectivity index (χ4n) is 3.28. The van der Waals surface area contributed by atoms with Gasteiger partial charge in [0.2, 0.25) is 0 Å². The van der Waals surface area contributed by atoms with Gasteiger partial charge < -0.3 is 9.64 Å². The zero-order valence-corrected chi connectivity index (χ0v) is 15.5. The van der Waals surface area contributed by atoms with Crippen molar-refractivity contribution in [1.29, 1.82) is 0 Å². The predicted octanol–water partition coefficient (Wildman–Crippen LogP) is 4.87. The molecule has 0 saturated carbocycles. The fourth-order valence-corrected chi connectivity index (χ4v) is 3.73. The lowest BCUT2D eigenvalue weighted by Crippen LogP contribution is -2.34. The van der Waals surface area contributed by atoms with E-state index < -0.39 is 0 Å². The van der Waals surface area contributed by atoms with Crippen molar-refractivity contribution in [3.8, 4) is 5.75 Å². The fraction of sp³-hybridized carbons (Fsp3) is 0.350. The van der Waals surface area contributed by atoms with E-state index in [0.717, 1.165) is 48.1 Å². The molecule has 3 rings (SSSR count). The molecule has 24 heavy (non-hydrogen) atoms. The van der Waals surface area contributed by atoms with Crippen molar-refractivity contribution >= 4 is 21.8 Å². The zero-order chi connectivity index (χ0) is 16.9. The topological polar surface area (TPSA) is 29.5 Å². The largest absolute Gasteiger partial charge is 0.497 e. The van der Waals surface area contributed by atoms with E-state index in [4.69, 9.17) is 4.74 Å². The van der Waals surface area contributed by atoms with Gasteiger partial charge in [0.05, 0.1) is 12.7 Å². The number of methoxy groups -OCH3 is 1. The van der Waals surface area contributed by atoms with Crippen LogP contribution < -0.4 is 4.74 Å². The molecule has 1 amide bonds. The van der Waals surface area contributed by atoms with Gasteiger partial charge in [-0.2, -0.15) is 0 Å². The normalized spacial score (nSPS) is 18.1. The third-order valence-electron chi connectivity index (χ3n) is 4.65. The molecule has 1 atom stereocenters. The molecule has 0 spiro atoms. The van der Waals surface area contributed by atoms with Crippen molar-refractivity contribution in [2.45, 2.75) is 25.2 Å². The molecular weight excluding hydrogens is 366 g/mol. The first-order valence-electron chi connectivity index (χ1n) is 8.37. The van der Waals surface area contributed by atoms with Crippen LogP contribution in [0.2, 0.25) is 0 Å². The monoisotopic (exact) mass is 387 g/mol. The van der Waals surface area contributed by atoms with E-state index in [2.05, 4.69) is 28.1 Å². The first-order chi connectivity index (χ1) is 11.7. The summed E-state index contributed by atoms with van der Waals surface area (Å²) < 4.78 is 6.10. The summed E-state index contributed by atoms with van der Waals surface area (Å²) in [6.07, 6.45) is 3.32. The number of nitrogens with zero attached hydrogens (tertiary/aromatic N) is 1. The number of ether oxygens (including phenoxy) is 1. The molecule has 1 aliphatic heterocycles. The van der Waals surface area contributed by atoms with Crippen LogP contribution in [0.3, 0.4) is 0 Å². The Morgan fingerprint density at radius 2 is 1.88 bits per heavy atom. The van der Waals surface area contributed by atoms with Crippen LogP contribution in [0.25, 0.3) is 0 Å². The number of carbonyl (C=O) groups is 1. The highest BCUT2D eigenvalue weighted by Crippen LogP contribution is 2.29. The number of likely N-dealkylation sites (tertiary alicyclic amines) is 1. The van der Waals surface area contributed by atoms with Gasteiger partial charge >= 0.3 is 0 Å². The Morgan fingerprint density at radius 3 is 2.58 bits per heavy atom. The van der Waals surface area contributed by atoms with E-state index >= 15 is 0 Å². The van der Waals surface area contributed by atoms with E-state index in [1.165, 1.54) is 5.56 Å². The maximum atomic E-state index is 12.9. The lowest BCUT2D eigenvalue weighted by molar-refractivity contribution is 0.0753. The maximum absolute atomic E-state index is 12.9. The molecule has 1 heterocycles. The SMILES string of the molecule is COc1ccc(C2CCCCN(C(=O)c3ccccc3Br)C2)cc1. The Kier molecular flexibility index (Phi) is 5.56. The highest BCUT2D eigenvalue weighted by molar-refractivity contribution is 9.10. The average molecular weight is 388 g/mol. The quantitative estimate of drug-likeness (QED) is 0.751. The summed E-state index contributed by atoms with van der Waals surface area (Å²) in [5.41, 5.74) is 2.02. The van der Waals surface area contributed by atoms with Gasteiger partial charge in [0.25, 0.3) is 5.91 Å². The van der Waals surface area contributed by atoms with Crippen molar-refractivity contribution < 1.29 is 9.53 Å². The van der Waals surface area contributed by atoms with Gasteiger partial charge in [0, 0.05) is 23.5 Å². The molecule has 0 aliphatic carbocycles. The molecule has 1 unspecified atom stereocenters. The molecule has 2 aromatic carbocycles. The van der Waals surface area contributed by atoms with E-state index in [9.17, 15) is 4.79 Å². The number of halogens is 1. The van der Waals surface area contributed by atoms with Crippen molar-refractivity contribution in [2.24, 2.45) is 0 Å². The Morgan fingerprint density at radius 1 is 1.12 bits per heavy atom. The molecule has 3 nitrogen and oxygen atoms in total. The van der Waals surface area contributed by atoms with Crippen molar-refractivity contribution in [3.63, 3.8) is 0 Å². The van der Waals surface area contributed by atoms with Gasteiger partial charge in [0.1, 0.15) is 5.75 Å². The molecule has 126 valence electrons. The number of hydrogen-bond acceptors (Lipinski definition) is 2. The molecule has 0 N–H and O–H groups in total.